The summed E-state index contributed by atoms with van der Waals surface area (Å²) >= 11 is 0. The molecule has 3 aromatic rings. The smallest absolute Gasteiger partial charge is 0.0722 e. The van der Waals surface area contributed by atoms with Gasteiger partial charge in [-0.25, -0.2) is 0 Å². The molecule has 0 amide bonds. The van der Waals surface area contributed by atoms with Crippen molar-refractivity contribution < 1.29 is 0 Å². The maximum Gasteiger partial charge on any atom is 0.0722 e. The van der Waals surface area contributed by atoms with Crippen LogP contribution in [0, 0.1) is 0 Å². The van der Waals surface area contributed by atoms with E-state index in [9.17, 15) is 0 Å². The second-order valence-electron chi connectivity index (χ2n) is 5.04. The molecule has 0 aliphatic rings. The molecule has 2 aromatic heterocycles. The number of hydrogen-bond acceptors (Lipinski definition) is 3. The Morgan fingerprint density at radius 3 is 2.80 bits per heavy atom. The van der Waals surface area contributed by atoms with Crippen LogP contribution in [0.4, 0.5) is 0 Å². The molecule has 2 heterocycles. The van der Waals surface area contributed by atoms with E-state index in [0.717, 1.165) is 24.2 Å². The van der Waals surface area contributed by atoms with Gasteiger partial charge in [0, 0.05) is 43.2 Å². The number of aromatic nitrogens is 4. The highest BCUT2D eigenvalue weighted by atomic mass is 15.3. The zero-order chi connectivity index (χ0) is 14.1. The molecule has 0 radical (unpaired) electrons. The van der Waals surface area contributed by atoms with Crippen LogP contribution in [-0.2, 0) is 20.0 Å². The number of fused-ring (bicyclic) bond motifs is 1. The molecule has 5 heteroatoms. The number of rotatable bonds is 4. The van der Waals surface area contributed by atoms with E-state index in [1.807, 2.05) is 36.3 Å². The van der Waals surface area contributed by atoms with E-state index in [-0.39, 0.29) is 6.04 Å². The van der Waals surface area contributed by atoms with Crippen molar-refractivity contribution in [1.29, 1.82) is 0 Å². The molecule has 0 saturated heterocycles. The Hall–Kier alpha value is -2.14. The Morgan fingerprint density at radius 1 is 1.30 bits per heavy atom. The second kappa shape index (κ2) is 5.09. The van der Waals surface area contributed by atoms with E-state index in [2.05, 4.69) is 29.3 Å². The summed E-state index contributed by atoms with van der Waals surface area (Å²) in [6, 6.07) is 8.22. The number of benzene rings is 1. The molecule has 0 bridgehead atoms. The van der Waals surface area contributed by atoms with Gasteiger partial charge in [0.15, 0.2) is 0 Å². The predicted molar refractivity (Wildman–Crippen MR) is 79.2 cm³/mol. The Bertz CT molecular complexity index is 725. The van der Waals surface area contributed by atoms with Crippen LogP contribution >= 0.6 is 0 Å². The summed E-state index contributed by atoms with van der Waals surface area (Å²) in [4.78, 5) is 0. The highest BCUT2D eigenvalue weighted by molar-refractivity contribution is 5.82. The molecule has 0 spiro atoms. The molecule has 2 N–H and O–H groups in total. The molecular weight excluding hydrogens is 250 g/mol. The normalized spacial score (nSPS) is 12.9. The van der Waals surface area contributed by atoms with Crippen LogP contribution in [0.1, 0.15) is 24.2 Å². The minimum atomic E-state index is -0.0766. The predicted octanol–water partition coefficient (Wildman–Crippen LogP) is 2.03. The van der Waals surface area contributed by atoms with Gasteiger partial charge in [-0.1, -0.05) is 18.2 Å². The number of aryl methyl sites for hydroxylation is 2. The summed E-state index contributed by atoms with van der Waals surface area (Å²) in [6.07, 6.45) is 4.51. The van der Waals surface area contributed by atoms with E-state index < -0.39 is 0 Å². The van der Waals surface area contributed by atoms with Gasteiger partial charge in [0.1, 0.15) is 0 Å². The Morgan fingerprint density at radius 2 is 2.10 bits per heavy atom. The van der Waals surface area contributed by atoms with Gasteiger partial charge in [-0.05, 0) is 13.0 Å². The van der Waals surface area contributed by atoms with Crippen molar-refractivity contribution in [2.24, 2.45) is 12.8 Å². The standard InChI is InChI=1S/C15H19N5/c1-3-20-15-7-5-4-6-12(15)14(18-20)8-13(16)11-9-17-19(2)10-11/h4-7,9-10,13H,3,8,16H2,1-2H3. The quantitative estimate of drug-likeness (QED) is 0.788. The first-order chi connectivity index (χ1) is 9.69. The first-order valence-electron chi connectivity index (χ1n) is 6.87. The van der Waals surface area contributed by atoms with Crippen molar-refractivity contribution in [1.82, 2.24) is 19.6 Å². The highest BCUT2D eigenvalue weighted by Gasteiger charge is 2.15. The SMILES string of the molecule is CCn1nc(CC(N)c2cnn(C)c2)c2ccccc21. The minimum Gasteiger partial charge on any atom is -0.324 e. The number of hydrogen-bond donors (Lipinski definition) is 1. The summed E-state index contributed by atoms with van der Waals surface area (Å²) in [7, 11) is 1.90. The third-order valence-corrected chi connectivity index (χ3v) is 3.60. The average Bonchev–Trinajstić information content (AvgIpc) is 3.03. The van der Waals surface area contributed by atoms with Gasteiger partial charge >= 0.3 is 0 Å². The van der Waals surface area contributed by atoms with E-state index in [1.165, 1.54) is 10.9 Å². The number of nitrogens with zero attached hydrogens (tertiary/aromatic N) is 4. The molecule has 0 aliphatic heterocycles. The maximum atomic E-state index is 6.28. The lowest BCUT2D eigenvalue weighted by atomic mass is 10.0. The summed E-state index contributed by atoms with van der Waals surface area (Å²) < 4.78 is 3.80. The molecule has 0 aliphatic carbocycles. The average molecular weight is 269 g/mol. The summed E-state index contributed by atoms with van der Waals surface area (Å²) in [5, 5.41) is 10.1. The molecule has 5 nitrogen and oxygen atoms in total. The molecule has 1 atom stereocenters. The Labute approximate surface area is 118 Å². The van der Waals surface area contributed by atoms with Gasteiger partial charge in [0.05, 0.1) is 17.4 Å². The van der Waals surface area contributed by atoms with E-state index in [4.69, 9.17) is 5.73 Å². The molecule has 20 heavy (non-hydrogen) atoms. The fourth-order valence-electron chi connectivity index (χ4n) is 2.55. The summed E-state index contributed by atoms with van der Waals surface area (Å²) in [6.45, 7) is 2.97. The van der Waals surface area contributed by atoms with Crippen molar-refractivity contribution in [2.75, 3.05) is 0 Å². The van der Waals surface area contributed by atoms with E-state index in [0.29, 0.717) is 0 Å². The lowest BCUT2D eigenvalue weighted by Crippen LogP contribution is -2.13. The van der Waals surface area contributed by atoms with Gasteiger partial charge in [-0.3, -0.25) is 9.36 Å². The summed E-state index contributed by atoms with van der Waals surface area (Å²) in [5.41, 5.74) is 9.55. The largest absolute Gasteiger partial charge is 0.324 e. The van der Waals surface area contributed by atoms with Crippen LogP contribution in [0.25, 0.3) is 10.9 Å². The van der Waals surface area contributed by atoms with Crippen LogP contribution in [0.15, 0.2) is 36.7 Å². The first-order valence-corrected chi connectivity index (χ1v) is 6.87. The van der Waals surface area contributed by atoms with Crippen molar-refractivity contribution in [3.05, 3.63) is 47.9 Å². The van der Waals surface area contributed by atoms with Crippen LogP contribution in [0.3, 0.4) is 0 Å². The maximum absolute atomic E-state index is 6.28. The van der Waals surface area contributed by atoms with Crippen LogP contribution in [0.5, 0.6) is 0 Å². The van der Waals surface area contributed by atoms with Crippen LogP contribution in [-0.4, -0.2) is 19.6 Å². The topological polar surface area (TPSA) is 61.7 Å². The highest BCUT2D eigenvalue weighted by Crippen LogP contribution is 2.22. The number of para-hydroxylation sites is 1. The second-order valence-corrected chi connectivity index (χ2v) is 5.04. The molecule has 0 fully saturated rings. The molecular formula is C15H19N5. The van der Waals surface area contributed by atoms with Gasteiger partial charge in [-0.15, -0.1) is 0 Å². The minimum absolute atomic E-state index is 0.0766. The lowest BCUT2D eigenvalue weighted by molar-refractivity contribution is 0.641. The molecule has 0 saturated carbocycles. The molecule has 3 rings (SSSR count). The lowest BCUT2D eigenvalue weighted by Gasteiger charge is -2.07. The van der Waals surface area contributed by atoms with Crippen molar-refractivity contribution in [2.45, 2.75) is 25.9 Å². The van der Waals surface area contributed by atoms with Gasteiger partial charge in [0.25, 0.3) is 0 Å². The molecule has 104 valence electrons. The fraction of sp³-hybridized carbons (Fsp3) is 0.333. The third-order valence-electron chi connectivity index (χ3n) is 3.60. The van der Waals surface area contributed by atoms with Crippen LogP contribution in [0.2, 0.25) is 0 Å². The zero-order valence-corrected chi connectivity index (χ0v) is 11.8. The first kappa shape index (κ1) is 12.9. The van der Waals surface area contributed by atoms with Gasteiger partial charge in [0.2, 0.25) is 0 Å². The van der Waals surface area contributed by atoms with Crippen molar-refractivity contribution in [3.63, 3.8) is 0 Å². The zero-order valence-electron chi connectivity index (χ0n) is 11.8. The monoisotopic (exact) mass is 269 g/mol. The Kier molecular flexibility index (Phi) is 3.28. The van der Waals surface area contributed by atoms with E-state index >= 15 is 0 Å². The van der Waals surface area contributed by atoms with Crippen molar-refractivity contribution >= 4 is 10.9 Å². The van der Waals surface area contributed by atoms with Crippen LogP contribution < -0.4 is 5.73 Å². The molecule has 1 aromatic carbocycles. The van der Waals surface area contributed by atoms with Crippen molar-refractivity contribution in [3.8, 4) is 0 Å². The Balaban J connectivity index is 1.94. The summed E-state index contributed by atoms with van der Waals surface area (Å²) in [5.74, 6) is 0. The van der Waals surface area contributed by atoms with E-state index in [1.54, 1.807) is 4.68 Å². The van der Waals surface area contributed by atoms with Gasteiger partial charge < -0.3 is 5.73 Å². The van der Waals surface area contributed by atoms with Gasteiger partial charge in [-0.2, -0.15) is 10.2 Å². The fourth-order valence-corrected chi connectivity index (χ4v) is 2.55. The molecule has 1 unspecified atom stereocenters. The third kappa shape index (κ3) is 2.20. The number of nitrogens with two attached hydrogens (primary N) is 1.